The Bertz CT molecular complexity index is 582. The van der Waals surface area contributed by atoms with Gasteiger partial charge in [0.15, 0.2) is 0 Å². The number of fused-ring (bicyclic) bond motifs is 1. The number of imidazole rings is 1. The minimum Gasteiger partial charge on any atom is -0.331 e. The number of nitrogens with one attached hydrogen (secondary N) is 1. The van der Waals surface area contributed by atoms with E-state index in [1.165, 1.54) is 6.07 Å². The zero-order valence-electron chi connectivity index (χ0n) is 10.8. The third kappa shape index (κ3) is 1.56. The molecular weight excluding hydrogens is 229 g/mol. The molecule has 2 heterocycles. The van der Waals surface area contributed by atoms with E-state index >= 15 is 0 Å². The molecule has 1 unspecified atom stereocenters. The van der Waals surface area contributed by atoms with Crippen LogP contribution in [0.4, 0.5) is 4.39 Å². The minimum absolute atomic E-state index is 0.101. The Morgan fingerprint density at radius 1 is 1.50 bits per heavy atom. The lowest BCUT2D eigenvalue weighted by molar-refractivity contribution is 0.415. The number of aryl methyl sites for hydroxylation is 1. The number of rotatable bonds is 2. The quantitative estimate of drug-likeness (QED) is 0.883. The Morgan fingerprint density at radius 3 is 3.00 bits per heavy atom. The van der Waals surface area contributed by atoms with Crippen LogP contribution < -0.4 is 5.32 Å². The van der Waals surface area contributed by atoms with E-state index in [0.717, 1.165) is 42.8 Å². The van der Waals surface area contributed by atoms with E-state index in [9.17, 15) is 4.39 Å². The number of hydrogen-bond acceptors (Lipinski definition) is 2. The van der Waals surface area contributed by atoms with E-state index in [1.54, 1.807) is 12.1 Å². The molecule has 1 aromatic carbocycles. The zero-order chi connectivity index (χ0) is 12.8. The zero-order valence-corrected chi connectivity index (χ0v) is 10.8. The summed E-state index contributed by atoms with van der Waals surface area (Å²) in [5.41, 5.74) is 1.86. The van der Waals surface area contributed by atoms with Crippen LogP contribution in [0.25, 0.3) is 11.0 Å². The summed E-state index contributed by atoms with van der Waals surface area (Å²) < 4.78 is 15.4. The lowest BCUT2D eigenvalue weighted by atomic mass is 9.83. The number of hydrogen-bond donors (Lipinski definition) is 1. The second-order valence-corrected chi connectivity index (χ2v) is 5.19. The molecule has 4 heteroatoms. The van der Waals surface area contributed by atoms with Gasteiger partial charge in [0, 0.05) is 19.0 Å². The van der Waals surface area contributed by atoms with E-state index in [2.05, 4.69) is 16.8 Å². The first-order valence-electron chi connectivity index (χ1n) is 6.49. The number of benzene rings is 1. The van der Waals surface area contributed by atoms with Crippen LogP contribution in [-0.2, 0) is 12.5 Å². The average Bonchev–Trinajstić information content (AvgIpc) is 2.96. The van der Waals surface area contributed by atoms with Crippen LogP contribution in [0.15, 0.2) is 18.2 Å². The lowest BCUT2D eigenvalue weighted by Crippen LogP contribution is -2.31. The van der Waals surface area contributed by atoms with Crippen LogP contribution in [0.3, 0.4) is 0 Å². The third-order valence-corrected chi connectivity index (χ3v) is 4.24. The van der Waals surface area contributed by atoms with Crippen molar-refractivity contribution in [2.45, 2.75) is 25.2 Å². The van der Waals surface area contributed by atoms with Gasteiger partial charge in [-0.05, 0) is 37.6 Å². The average molecular weight is 247 g/mol. The van der Waals surface area contributed by atoms with Gasteiger partial charge in [-0.15, -0.1) is 0 Å². The van der Waals surface area contributed by atoms with Gasteiger partial charge in [0.05, 0.1) is 11.0 Å². The van der Waals surface area contributed by atoms with Gasteiger partial charge in [0.25, 0.3) is 0 Å². The third-order valence-electron chi connectivity index (χ3n) is 4.24. The second-order valence-electron chi connectivity index (χ2n) is 5.19. The van der Waals surface area contributed by atoms with Gasteiger partial charge in [0.1, 0.15) is 11.6 Å². The van der Waals surface area contributed by atoms with Crippen molar-refractivity contribution in [1.29, 1.82) is 0 Å². The summed E-state index contributed by atoms with van der Waals surface area (Å²) in [7, 11) is 1.99. The maximum atomic E-state index is 13.3. The second kappa shape index (κ2) is 4.05. The van der Waals surface area contributed by atoms with Crippen LogP contribution in [0, 0.1) is 5.82 Å². The van der Waals surface area contributed by atoms with E-state index in [1.807, 2.05) is 7.05 Å². The molecule has 0 spiro atoms. The summed E-state index contributed by atoms with van der Waals surface area (Å²) in [6.45, 7) is 4.20. The molecule has 0 saturated carbocycles. The van der Waals surface area contributed by atoms with Crippen molar-refractivity contribution in [2.24, 2.45) is 7.05 Å². The Morgan fingerprint density at radius 2 is 2.33 bits per heavy atom. The van der Waals surface area contributed by atoms with Crippen molar-refractivity contribution >= 4 is 11.0 Å². The molecule has 3 rings (SSSR count). The Balaban J connectivity index is 2.20. The highest BCUT2D eigenvalue weighted by Gasteiger charge is 2.37. The maximum Gasteiger partial charge on any atom is 0.125 e. The first-order chi connectivity index (χ1) is 8.66. The summed E-state index contributed by atoms with van der Waals surface area (Å²) in [6, 6.07) is 4.81. The van der Waals surface area contributed by atoms with Gasteiger partial charge in [-0.3, -0.25) is 0 Å². The lowest BCUT2D eigenvalue weighted by Gasteiger charge is -2.25. The topological polar surface area (TPSA) is 29.9 Å². The first-order valence-corrected chi connectivity index (χ1v) is 6.49. The smallest absolute Gasteiger partial charge is 0.125 e. The van der Waals surface area contributed by atoms with Crippen LogP contribution in [0.1, 0.15) is 25.6 Å². The van der Waals surface area contributed by atoms with Crippen molar-refractivity contribution < 1.29 is 4.39 Å². The van der Waals surface area contributed by atoms with E-state index in [0.29, 0.717) is 0 Å². The van der Waals surface area contributed by atoms with Crippen molar-refractivity contribution in [3.8, 4) is 0 Å². The summed E-state index contributed by atoms with van der Waals surface area (Å²) in [6.07, 6.45) is 2.16. The molecule has 18 heavy (non-hydrogen) atoms. The Labute approximate surface area is 106 Å². The van der Waals surface area contributed by atoms with Gasteiger partial charge in [0.2, 0.25) is 0 Å². The molecule has 0 radical (unpaired) electrons. The van der Waals surface area contributed by atoms with Crippen molar-refractivity contribution in [3.63, 3.8) is 0 Å². The molecular formula is C14H18FN3. The molecule has 1 aliphatic rings. The van der Waals surface area contributed by atoms with E-state index < -0.39 is 0 Å². The monoisotopic (exact) mass is 247 g/mol. The number of aromatic nitrogens is 2. The maximum absolute atomic E-state index is 13.3. The Kier molecular flexibility index (Phi) is 2.63. The predicted molar refractivity (Wildman–Crippen MR) is 70.1 cm³/mol. The first kappa shape index (κ1) is 11.7. The standard InChI is InChI=1S/C14H18FN3/c1-3-14(6-7-16-9-14)13-17-11-5-4-10(15)8-12(11)18(13)2/h4-5,8,16H,3,6-7,9H2,1-2H3. The largest absolute Gasteiger partial charge is 0.331 e. The number of halogens is 1. The highest BCUT2D eigenvalue weighted by molar-refractivity contribution is 5.76. The number of nitrogens with zero attached hydrogens (tertiary/aromatic N) is 2. The molecule has 1 N–H and O–H groups in total. The molecule has 0 aliphatic carbocycles. The molecule has 1 aliphatic heterocycles. The van der Waals surface area contributed by atoms with Crippen LogP contribution in [-0.4, -0.2) is 22.6 Å². The highest BCUT2D eigenvalue weighted by atomic mass is 19.1. The fourth-order valence-electron chi connectivity index (χ4n) is 3.03. The summed E-state index contributed by atoms with van der Waals surface area (Å²) in [4.78, 5) is 4.73. The molecule has 1 aromatic heterocycles. The van der Waals surface area contributed by atoms with Gasteiger partial charge >= 0.3 is 0 Å². The summed E-state index contributed by atoms with van der Waals surface area (Å²) >= 11 is 0. The molecule has 96 valence electrons. The highest BCUT2D eigenvalue weighted by Crippen LogP contribution is 2.34. The summed E-state index contributed by atoms with van der Waals surface area (Å²) in [5.74, 6) is 0.878. The molecule has 1 atom stereocenters. The minimum atomic E-state index is -0.202. The van der Waals surface area contributed by atoms with E-state index in [4.69, 9.17) is 4.98 Å². The fourth-order valence-corrected chi connectivity index (χ4v) is 3.03. The van der Waals surface area contributed by atoms with Gasteiger partial charge in [-0.25, -0.2) is 9.37 Å². The van der Waals surface area contributed by atoms with Gasteiger partial charge in [-0.1, -0.05) is 6.92 Å². The van der Waals surface area contributed by atoms with Gasteiger partial charge in [-0.2, -0.15) is 0 Å². The van der Waals surface area contributed by atoms with Crippen molar-refractivity contribution in [2.75, 3.05) is 13.1 Å². The Hall–Kier alpha value is -1.42. The molecule has 1 fully saturated rings. The molecule has 1 saturated heterocycles. The predicted octanol–water partition coefficient (Wildman–Crippen LogP) is 2.35. The fraction of sp³-hybridized carbons (Fsp3) is 0.500. The van der Waals surface area contributed by atoms with Crippen LogP contribution in [0.2, 0.25) is 0 Å². The molecule has 3 nitrogen and oxygen atoms in total. The van der Waals surface area contributed by atoms with Gasteiger partial charge < -0.3 is 9.88 Å². The van der Waals surface area contributed by atoms with Crippen LogP contribution in [0.5, 0.6) is 0 Å². The van der Waals surface area contributed by atoms with Crippen molar-refractivity contribution in [3.05, 3.63) is 29.8 Å². The molecule has 0 bridgehead atoms. The normalized spacial score (nSPS) is 23.9. The van der Waals surface area contributed by atoms with Crippen LogP contribution >= 0.6 is 0 Å². The summed E-state index contributed by atoms with van der Waals surface area (Å²) in [5, 5.41) is 3.42. The SMILES string of the molecule is CCC1(c2nc3ccc(F)cc3n2C)CCNC1. The molecule has 0 amide bonds. The van der Waals surface area contributed by atoms with E-state index in [-0.39, 0.29) is 11.2 Å². The van der Waals surface area contributed by atoms with Crippen molar-refractivity contribution in [1.82, 2.24) is 14.9 Å². The molecule has 2 aromatic rings.